The Morgan fingerprint density at radius 1 is 0.212 bits per heavy atom. The summed E-state index contributed by atoms with van der Waals surface area (Å²) in [6.45, 7) is 68.2. The van der Waals surface area contributed by atoms with E-state index >= 15 is 0 Å². The average molecular weight is 1830 g/mol. The third kappa shape index (κ3) is 17.4. The minimum atomic E-state index is -1.37. The van der Waals surface area contributed by atoms with Crippen LogP contribution in [0.25, 0.3) is 111 Å². The molecule has 0 saturated carbocycles. The molecule has 18 rings (SSSR count). The Hall–Kier alpha value is -11.7. The maximum absolute atomic E-state index is 12.0. The van der Waals surface area contributed by atoms with E-state index in [0.29, 0.717) is 22.3 Å². The van der Waals surface area contributed by atoms with Crippen LogP contribution >= 0.6 is 0 Å². The van der Waals surface area contributed by atoms with Crippen molar-refractivity contribution in [3.8, 4) is 67.0 Å². The lowest BCUT2D eigenvalue weighted by atomic mass is 9.33. The van der Waals surface area contributed by atoms with E-state index in [2.05, 4.69) is 142 Å². The normalized spacial score (nSPS) is 16.6. The van der Waals surface area contributed by atoms with Crippen LogP contribution in [0.1, 0.15) is 352 Å². The summed E-state index contributed by atoms with van der Waals surface area (Å²) in [5.74, 6) is 0. The van der Waals surface area contributed by atoms with E-state index < -0.39 is 205 Å². The Bertz CT molecular complexity index is 8930. The first-order valence-electron chi connectivity index (χ1n) is 61.6. The number of rotatable bonds is 9. The molecule has 16 aromatic rings. The van der Waals surface area contributed by atoms with Crippen molar-refractivity contribution in [1.82, 2.24) is 9.13 Å². The van der Waals surface area contributed by atoms with Crippen molar-refractivity contribution in [2.75, 3.05) is 9.80 Å². The van der Waals surface area contributed by atoms with Crippen LogP contribution in [0.3, 0.4) is 0 Å². The van der Waals surface area contributed by atoms with E-state index in [0.717, 1.165) is 44.1 Å². The van der Waals surface area contributed by atoms with Crippen LogP contribution in [0.4, 0.5) is 34.1 Å². The van der Waals surface area contributed by atoms with E-state index in [-0.39, 0.29) is 185 Å². The SMILES string of the molecule is [2H]c1c([2H])c(C(C)(C)C)c([2H])c([2H])c1-c1c([2H])c(C(C)(C)C)c([2H])c(-c2c([2H])c(C(C)(C)C)c([2H])c(C(C)(C)C)c2[2H])c1N1c2cc(-n3c4ccc(C(C)(C)C)cc4c4cc(C(C)(C)C)ccc43)ccc2B2c3ccc(-n4c5c([2H])c([2H])c([2H])c([2H])c5c5c([2H])c([2H])c([2H])c([2H])c54)cc3N(c3c(-c4c([2H])c([2H])c(C(C)(C)C)c([2H])c4[2H])c([2H])c(C(C)(C)C)c([2H])c3-c3c([2H])c([2H])c(C(C)(C)C)c([2H])c3C(C)(C)C)c3cc(-c4cc(C(C)(C)C)cc(C(C)(C)C)c4)cc1c32. The number of hydrogen-bond acceptors (Lipinski definition) is 2. The van der Waals surface area contributed by atoms with Crippen molar-refractivity contribution >= 4 is 101 Å². The molecule has 5 heteroatoms. The lowest BCUT2D eigenvalue weighted by Gasteiger charge is -2.46. The van der Waals surface area contributed by atoms with Gasteiger partial charge in [-0.25, -0.2) is 0 Å². The summed E-state index contributed by atoms with van der Waals surface area (Å²) in [4.78, 5) is 3.64. The molecule has 0 atom stereocenters. The standard InChI is InChI=1S/C132H151BN4/c1-121(2,3)85-49-45-80(46-50-85)101-73-94(130(28,29)30)75-103(84-65-92(128(22,23)24)70-93(66-84)129(25,26)27)119(101)136-114-79-97(135-112-61-54-87(123(7,8)9)71-104(112)105-72-88(124(10,11)12)55-62-113(105)135)57-60-108(114)133-109-59-56-96(134-110-43-39-37-41-99(110)100-42-38-40-44-111(100)134)78-115(109)137(117-68-83(67-116(136)118(117)133)82-63-90(126(16,17)18)69-91(64-82)127(19,20)21)120-102(81-47-51-86(52-48-81)122(4,5)6)74-95(131(31,32)33)76-106(120)98-58-53-89(125(13,14)15)77-107(98)132(34,35)36/h37-79H,1-36H3/i37D,38D,39D,40D,41D,42D,43D,44D,45D,46D,47D,48D,49D,50D,51D,52D,53D,58D,65D,66D,70D,73D,74D,75D,76D,77D. The molecule has 0 N–H and O–H groups in total. The second-order valence-electron chi connectivity index (χ2n) is 50.8. The lowest BCUT2D eigenvalue weighted by Crippen LogP contribution is -2.61. The Kier molecular flexibility index (Phi) is 16.2. The zero-order valence-corrected chi connectivity index (χ0v) is 87.7. The van der Waals surface area contributed by atoms with Crippen LogP contribution in [-0.4, -0.2) is 15.8 Å². The lowest BCUT2D eigenvalue weighted by molar-refractivity contribution is 0.568. The van der Waals surface area contributed by atoms with Crippen LogP contribution < -0.4 is 26.2 Å². The second-order valence-corrected chi connectivity index (χ2v) is 50.8. The molecule has 4 nitrogen and oxygen atoms in total. The number of nitrogens with zero attached hydrogens (tertiary/aromatic N) is 4. The highest BCUT2D eigenvalue weighted by molar-refractivity contribution is 7.00. The maximum Gasteiger partial charge on any atom is 0.252 e. The molecule has 0 fully saturated rings. The largest absolute Gasteiger partial charge is 0.310 e. The molecule has 2 aromatic heterocycles. The minimum Gasteiger partial charge on any atom is -0.310 e. The fourth-order valence-corrected chi connectivity index (χ4v) is 18.9. The predicted octanol–water partition coefficient (Wildman–Crippen LogP) is 35.9. The third-order valence-electron chi connectivity index (χ3n) is 27.3. The smallest absolute Gasteiger partial charge is 0.252 e. The molecule has 0 unspecified atom stereocenters. The molecule has 4 heterocycles. The molecule has 137 heavy (non-hydrogen) atoms. The second kappa shape index (κ2) is 32.5. The number of para-hydroxylation sites is 2. The van der Waals surface area contributed by atoms with Crippen molar-refractivity contribution in [2.45, 2.75) is 314 Å². The van der Waals surface area contributed by atoms with Gasteiger partial charge in [0.25, 0.3) is 6.71 Å². The molecule has 0 amide bonds. The molecule has 0 bridgehead atoms. The molecule has 702 valence electrons. The topological polar surface area (TPSA) is 16.3 Å². The first-order chi connectivity index (χ1) is 74.4. The van der Waals surface area contributed by atoms with Gasteiger partial charge in [0.05, 0.1) is 69.1 Å². The highest BCUT2D eigenvalue weighted by Gasteiger charge is 2.48. The first-order valence-corrected chi connectivity index (χ1v) is 48.6. The molecule has 0 spiro atoms. The van der Waals surface area contributed by atoms with Crippen molar-refractivity contribution in [1.29, 1.82) is 0 Å². The van der Waals surface area contributed by atoms with Crippen molar-refractivity contribution in [3.05, 3.63) is 327 Å². The van der Waals surface area contributed by atoms with Gasteiger partial charge in [0.15, 0.2) is 0 Å². The molecule has 0 radical (unpaired) electrons. The van der Waals surface area contributed by atoms with Gasteiger partial charge >= 0.3 is 0 Å². The van der Waals surface area contributed by atoms with Gasteiger partial charge in [-0.3, -0.25) is 0 Å². The Morgan fingerprint density at radius 3 is 0.927 bits per heavy atom. The van der Waals surface area contributed by atoms with Crippen LogP contribution in [0, 0.1) is 0 Å². The zero-order valence-electron chi connectivity index (χ0n) is 114. The molecule has 0 saturated heterocycles. The van der Waals surface area contributed by atoms with E-state index in [1.165, 1.54) is 4.57 Å². The Labute approximate surface area is 859 Å². The average Bonchev–Trinajstić information content (AvgIpc) is 0.960. The van der Waals surface area contributed by atoms with Crippen molar-refractivity contribution in [2.24, 2.45) is 0 Å². The van der Waals surface area contributed by atoms with Crippen LogP contribution in [0.5, 0.6) is 0 Å². The molecule has 2 aliphatic heterocycles. The van der Waals surface area contributed by atoms with Crippen LogP contribution in [-0.2, 0) is 65.0 Å². The van der Waals surface area contributed by atoms with Gasteiger partial charge in [0, 0.05) is 77.9 Å². The fourth-order valence-electron chi connectivity index (χ4n) is 18.9. The third-order valence-corrected chi connectivity index (χ3v) is 27.3. The summed E-state index contributed by atoms with van der Waals surface area (Å²) in [6, 6.07) is 20.7. The predicted molar refractivity (Wildman–Crippen MR) is 601 cm³/mol. The van der Waals surface area contributed by atoms with Gasteiger partial charge in [-0.2, -0.15) is 0 Å². The van der Waals surface area contributed by atoms with Gasteiger partial charge in [-0.15, -0.1) is 0 Å². The number of anilines is 6. The molecule has 14 aromatic carbocycles. The number of aromatic nitrogens is 2. The summed E-state index contributed by atoms with van der Waals surface area (Å²) in [7, 11) is 0. The summed E-state index contributed by atoms with van der Waals surface area (Å²) in [5, 5.41) is 1.24. The highest BCUT2D eigenvalue weighted by atomic mass is 15.2. The summed E-state index contributed by atoms with van der Waals surface area (Å²) < 4.78 is 285. The molecule has 2 aliphatic rings. The van der Waals surface area contributed by atoms with E-state index in [9.17, 15) is 35.6 Å². The van der Waals surface area contributed by atoms with Gasteiger partial charge in [0.2, 0.25) is 0 Å². The summed E-state index contributed by atoms with van der Waals surface area (Å²) in [5.41, 5.74) is -6.52. The quantitative estimate of drug-likeness (QED) is 0.134. The number of benzene rings is 14. The van der Waals surface area contributed by atoms with Gasteiger partial charge in [-0.05, 0) is 278 Å². The molecular weight excluding hydrogens is 1650 g/mol. The summed E-state index contributed by atoms with van der Waals surface area (Å²) >= 11 is 0. The van der Waals surface area contributed by atoms with Crippen LogP contribution in [0.2, 0.25) is 0 Å². The van der Waals surface area contributed by atoms with Crippen LogP contribution in [0.15, 0.2) is 260 Å². The maximum atomic E-state index is 12.0. The highest BCUT2D eigenvalue weighted by Crippen LogP contribution is 2.59. The Morgan fingerprint density at radius 2 is 0.547 bits per heavy atom. The summed E-state index contributed by atoms with van der Waals surface area (Å²) in [6.07, 6.45) is 0. The van der Waals surface area contributed by atoms with Gasteiger partial charge in [-0.1, -0.05) is 413 Å². The Balaban J connectivity index is 1.25. The van der Waals surface area contributed by atoms with Crippen molar-refractivity contribution in [3.63, 3.8) is 0 Å². The van der Waals surface area contributed by atoms with Crippen molar-refractivity contribution < 1.29 is 35.6 Å². The number of fused-ring (bicyclic) bond motifs is 10. The minimum absolute atomic E-state index is 0.000961. The molecular formula is C132H151BN4. The van der Waals surface area contributed by atoms with E-state index in [4.69, 9.17) is 0 Å². The fraction of sp³-hybridized carbons (Fsp3) is 0.364. The molecule has 0 aliphatic carbocycles. The first kappa shape index (κ1) is 68.4. The zero-order chi connectivity index (χ0) is 122. The van der Waals surface area contributed by atoms with E-state index in [1.807, 2.05) is 139 Å². The van der Waals surface area contributed by atoms with E-state index in [1.54, 1.807) is 85.4 Å². The number of hydrogen-bond donors (Lipinski definition) is 0. The van der Waals surface area contributed by atoms with Gasteiger partial charge in [0.1, 0.15) is 0 Å². The monoisotopic (exact) mass is 1830 g/mol. The van der Waals surface area contributed by atoms with Gasteiger partial charge < -0.3 is 18.9 Å².